The average molecular weight is 377 g/mol. The largest absolute Gasteiger partial charge is 0.494 e. The molecule has 0 aliphatic heterocycles. The van der Waals surface area contributed by atoms with Crippen LogP contribution in [0.2, 0.25) is 5.02 Å². The van der Waals surface area contributed by atoms with Crippen LogP contribution in [0.4, 0.5) is 5.69 Å². The lowest BCUT2D eigenvalue weighted by Gasteiger charge is -2.11. The number of carbonyl (C=O) groups is 1. The van der Waals surface area contributed by atoms with Gasteiger partial charge in [0.05, 0.1) is 6.61 Å². The van der Waals surface area contributed by atoms with E-state index in [9.17, 15) is 4.79 Å². The standard InChI is InChI=1S/C19H21ClN2O2S/c1-2-12-24-16-8-5-7-15(13-16)21-19(25)22-18(23)11-10-14-6-3-4-9-17(14)20/h3-9,13H,2,10-12H2,1H3,(H2,21,22,23,25). The van der Waals surface area contributed by atoms with Crippen LogP contribution in [0.25, 0.3) is 0 Å². The summed E-state index contributed by atoms with van der Waals surface area (Å²) in [5.41, 5.74) is 1.71. The van der Waals surface area contributed by atoms with E-state index >= 15 is 0 Å². The fraction of sp³-hybridized carbons (Fsp3) is 0.263. The molecule has 2 aromatic rings. The van der Waals surface area contributed by atoms with E-state index in [1.54, 1.807) is 0 Å². The topological polar surface area (TPSA) is 50.4 Å². The fourth-order valence-corrected chi connectivity index (χ4v) is 2.65. The summed E-state index contributed by atoms with van der Waals surface area (Å²) in [4.78, 5) is 12.0. The van der Waals surface area contributed by atoms with Gasteiger partial charge in [-0.05, 0) is 48.8 Å². The van der Waals surface area contributed by atoms with Crippen molar-refractivity contribution in [1.82, 2.24) is 5.32 Å². The molecule has 0 heterocycles. The smallest absolute Gasteiger partial charge is 0.226 e. The second-order valence-electron chi connectivity index (χ2n) is 5.47. The summed E-state index contributed by atoms with van der Waals surface area (Å²) in [6, 6.07) is 14.9. The molecule has 0 radical (unpaired) electrons. The maximum Gasteiger partial charge on any atom is 0.226 e. The minimum atomic E-state index is -0.157. The van der Waals surface area contributed by atoms with E-state index in [1.165, 1.54) is 0 Å². The molecule has 0 fully saturated rings. The minimum Gasteiger partial charge on any atom is -0.494 e. The highest BCUT2D eigenvalue weighted by atomic mass is 35.5. The highest BCUT2D eigenvalue weighted by Crippen LogP contribution is 2.18. The first kappa shape index (κ1) is 19.2. The second-order valence-corrected chi connectivity index (χ2v) is 6.29. The fourth-order valence-electron chi connectivity index (χ4n) is 2.18. The third-order valence-corrected chi connectivity index (χ3v) is 3.97. The number of anilines is 1. The Morgan fingerprint density at radius 3 is 2.76 bits per heavy atom. The Balaban J connectivity index is 1.81. The molecule has 132 valence electrons. The quantitative estimate of drug-likeness (QED) is 0.695. The van der Waals surface area contributed by atoms with Crippen LogP contribution in [0, 0.1) is 0 Å². The Kier molecular flexibility index (Phi) is 7.70. The lowest BCUT2D eigenvalue weighted by atomic mass is 10.1. The van der Waals surface area contributed by atoms with Gasteiger partial charge in [-0.15, -0.1) is 0 Å². The summed E-state index contributed by atoms with van der Waals surface area (Å²) in [7, 11) is 0. The molecule has 0 aromatic heterocycles. The molecule has 0 aliphatic rings. The minimum absolute atomic E-state index is 0.157. The van der Waals surface area contributed by atoms with Gasteiger partial charge in [-0.1, -0.05) is 42.8 Å². The molecule has 4 nitrogen and oxygen atoms in total. The van der Waals surface area contributed by atoms with Crippen molar-refractivity contribution in [2.45, 2.75) is 26.2 Å². The van der Waals surface area contributed by atoms with Gasteiger partial charge in [-0.25, -0.2) is 0 Å². The Morgan fingerprint density at radius 1 is 1.20 bits per heavy atom. The number of hydrogen-bond donors (Lipinski definition) is 2. The molecule has 2 N–H and O–H groups in total. The first-order valence-corrected chi connectivity index (χ1v) is 8.94. The molecule has 2 rings (SSSR count). The first-order valence-electron chi connectivity index (χ1n) is 8.15. The molecule has 25 heavy (non-hydrogen) atoms. The van der Waals surface area contributed by atoms with Crippen LogP contribution in [-0.2, 0) is 11.2 Å². The highest BCUT2D eigenvalue weighted by Gasteiger charge is 2.07. The summed E-state index contributed by atoms with van der Waals surface area (Å²) in [5.74, 6) is 0.607. The van der Waals surface area contributed by atoms with Crippen molar-refractivity contribution in [3.63, 3.8) is 0 Å². The van der Waals surface area contributed by atoms with Gasteiger partial charge in [-0.3, -0.25) is 4.79 Å². The number of ether oxygens (including phenoxy) is 1. The third-order valence-electron chi connectivity index (χ3n) is 3.40. The van der Waals surface area contributed by atoms with E-state index in [0.29, 0.717) is 24.5 Å². The van der Waals surface area contributed by atoms with Crippen LogP contribution >= 0.6 is 23.8 Å². The number of thiocarbonyl (C=S) groups is 1. The molecule has 0 unspecified atom stereocenters. The number of aryl methyl sites for hydroxylation is 1. The number of halogens is 1. The van der Waals surface area contributed by atoms with Crippen LogP contribution in [0.5, 0.6) is 5.75 Å². The van der Waals surface area contributed by atoms with Crippen molar-refractivity contribution in [3.8, 4) is 5.75 Å². The SMILES string of the molecule is CCCOc1cccc(NC(=S)NC(=O)CCc2ccccc2Cl)c1. The van der Waals surface area contributed by atoms with E-state index in [4.69, 9.17) is 28.6 Å². The van der Waals surface area contributed by atoms with Gasteiger partial charge in [0.1, 0.15) is 5.75 Å². The maximum atomic E-state index is 12.0. The van der Waals surface area contributed by atoms with Crippen LogP contribution in [0.3, 0.4) is 0 Å². The molecule has 0 spiro atoms. The number of carbonyl (C=O) groups excluding carboxylic acids is 1. The molecular formula is C19H21ClN2O2S. The van der Waals surface area contributed by atoms with Crippen molar-refractivity contribution < 1.29 is 9.53 Å². The van der Waals surface area contributed by atoms with Gasteiger partial charge in [0.15, 0.2) is 5.11 Å². The lowest BCUT2D eigenvalue weighted by molar-refractivity contribution is -0.119. The van der Waals surface area contributed by atoms with Crippen LogP contribution in [0.15, 0.2) is 48.5 Å². The predicted octanol–water partition coefficient (Wildman–Crippen LogP) is 4.57. The normalized spacial score (nSPS) is 10.2. The van der Waals surface area contributed by atoms with E-state index in [0.717, 1.165) is 23.4 Å². The van der Waals surface area contributed by atoms with Gasteiger partial charge in [0.2, 0.25) is 5.91 Å². The summed E-state index contributed by atoms with van der Waals surface area (Å²) in [6.07, 6.45) is 1.82. The molecule has 1 amide bonds. The van der Waals surface area contributed by atoms with Crippen molar-refractivity contribution in [1.29, 1.82) is 0 Å². The molecular weight excluding hydrogens is 356 g/mol. The summed E-state index contributed by atoms with van der Waals surface area (Å²) in [6.45, 7) is 2.71. The van der Waals surface area contributed by atoms with Gasteiger partial charge < -0.3 is 15.4 Å². The van der Waals surface area contributed by atoms with Gasteiger partial charge in [0.25, 0.3) is 0 Å². The number of rotatable bonds is 7. The van der Waals surface area contributed by atoms with Crippen molar-refractivity contribution in [3.05, 3.63) is 59.1 Å². The zero-order chi connectivity index (χ0) is 18.1. The van der Waals surface area contributed by atoms with E-state index in [-0.39, 0.29) is 11.0 Å². The second kappa shape index (κ2) is 10.0. The van der Waals surface area contributed by atoms with Crippen LogP contribution < -0.4 is 15.4 Å². The summed E-state index contributed by atoms with van der Waals surface area (Å²) in [5, 5.41) is 6.60. The number of benzene rings is 2. The van der Waals surface area contributed by atoms with Crippen molar-refractivity contribution >= 4 is 40.5 Å². The monoisotopic (exact) mass is 376 g/mol. The molecule has 0 atom stereocenters. The van der Waals surface area contributed by atoms with E-state index < -0.39 is 0 Å². The maximum absolute atomic E-state index is 12.0. The number of hydrogen-bond acceptors (Lipinski definition) is 3. The molecule has 0 aliphatic carbocycles. The van der Waals surface area contributed by atoms with E-state index in [2.05, 4.69) is 17.6 Å². The zero-order valence-corrected chi connectivity index (χ0v) is 15.6. The highest BCUT2D eigenvalue weighted by molar-refractivity contribution is 7.80. The van der Waals surface area contributed by atoms with Gasteiger partial charge in [-0.2, -0.15) is 0 Å². The van der Waals surface area contributed by atoms with Gasteiger partial charge >= 0.3 is 0 Å². The lowest BCUT2D eigenvalue weighted by Crippen LogP contribution is -2.34. The predicted molar refractivity (Wildman–Crippen MR) is 106 cm³/mol. The van der Waals surface area contributed by atoms with Crippen molar-refractivity contribution in [2.24, 2.45) is 0 Å². The molecule has 2 aromatic carbocycles. The van der Waals surface area contributed by atoms with Crippen molar-refractivity contribution in [2.75, 3.05) is 11.9 Å². The van der Waals surface area contributed by atoms with Crippen LogP contribution in [-0.4, -0.2) is 17.6 Å². The van der Waals surface area contributed by atoms with E-state index in [1.807, 2.05) is 48.5 Å². The molecule has 6 heteroatoms. The zero-order valence-electron chi connectivity index (χ0n) is 14.0. The van der Waals surface area contributed by atoms with Gasteiger partial charge in [0, 0.05) is 23.2 Å². The van der Waals surface area contributed by atoms with Crippen LogP contribution in [0.1, 0.15) is 25.3 Å². The molecule has 0 bridgehead atoms. The third kappa shape index (κ3) is 6.72. The Bertz CT molecular complexity index is 737. The number of nitrogens with one attached hydrogen (secondary N) is 2. The summed E-state index contributed by atoms with van der Waals surface area (Å²) < 4.78 is 5.57. The Labute approximate surface area is 158 Å². The average Bonchev–Trinajstić information content (AvgIpc) is 2.59. The molecule has 0 saturated heterocycles. The number of amides is 1. The summed E-state index contributed by atoms with van der Waals surface area (Å²) >= 11 is 11.3. The molecule has 0 saturated carbocycles. The first-order chi connectivity index (χ1) is 12.1. The Morgan fingerprint density at radius 2 is 2.00 bits per heavy atom. The Hall–Kier alpha value is -2.11.